The third kappa shape index (κ3) is 8.54. The molecule has 3 rings (SSSR count). The number of nitrogens with one attached hydrogen (secondary N) is 2. The molecule has 0 atom stereocenters. The topological polar surface area (TPSA) is 133 Å². The van der Waals surface area contributed by atoms with Gasteiger partial charge in [-0.25, -0.2) is 17.9 Å². The Balaban J connectivity index is 1.57. The molecule has 208 valence electrons. The second-order valence-corrected chi connectivity index (χ2v) is 11.1. The van der Waals surface area contributed by atoms with E-state index in [1.54, 1.807) is 17.0 Å². The fourth-order valence-electron chi connectivity index (χ4n) is 4.28. The molecule has 1 aliphatic rings. The Hall–Kier alpha value is -3.92. The SMILES string of the molecule is CCC(CC)CN1CC(C(=O)NS(=O)(=O)c2ccc(CCNC(=O)Cc3ccccc3)cc2)=CC=C1C(=O)O. The molecule has 0 fully saturated rings. The molecule has 10 heteroatoms. The van der Waals surface area contributed by atoms with Crippen LogP contribution in [0.15, 0.2) is 82.9 Å². The van der Waals surface area contributed by atoms with Crippen LogP contribution >= 0.6 is 0 Å². The first kappa shape index (κ1) is 29.6. The number of rotatable bonds is 13. The number of nitrogens with zero attached hydrogens (tertiary/aromatic N) is 1. The molecule has 3 N–H and O–H groups in total. The van der Waals surface area contributed by atoms with E-state index in [-0.39, 0.29) is 41.0 Å². The van der Waals surface area contributed by atoms with Gasteiger partial charge in [0.15, 0.2) is 0 Å². The number of carbonyl (C=O) groups excluding carboxylic acids is 2. The number of hydrogen-bond acceptors (Lipinski definition) is 6. The van der Waals surface area contributed by atoms with Crippen molar-refractivity contribution >= 4 is 27.8 Å². The summed E-state index contributed by atoms with van der Waals surface area (Å²) in [4.78, 5) is 38.1. The smallest absolute Gasteiger partial charge is 0.352 e. The summed E-state index contributed by atoms with van der Waals surface area (Å²) in [5.74, 6) is -1.74. The molecule has 2 aromatic rings. The molecule has 2 amide bonds. The van der Waals surface area contributed by atoms with Crippen molar-refractivity contribution in [2.75, 3.05) is 19.6 Å². The molecule has 0 aromatic heterocycles. The molecule has 0 radical (unpaired) electrons. The van der Waals surface area contributed by atoms with Crippen molar-refractivity contribution in [3.63, 3.8) is 0 Å². The Morgan fingerprint density at radius 3 is 2.23 bits per heavy atom. The number of amides is 2. The summed E-state index contributed by atoms with van der Waals surface area (Å²) in [5, 5.41) is 12.4. The predicted molar refractivity (Wildman–Crippen MR) is 148 cm³/mol. The van der Waals surface area contributed by atoms with Gasteiger partial charge in [0.25, 0.3) is 15.9 Å². The summed E-state index contributed by atoms with van der Waals surface area (Å²) in [7, 11) is -4.14. The Labute approximate surface area is 229 Å². The molecule has 0 spiro atoms. The lowest BCUT2D eigenvalue weighted by atomic mass is 10.0. The van der Waals surface area contributed by atoms with Gasteiger partial charge < -0.3 is 15.3 Å². The van der Waals surface area contributed by atoms with Crippen LogP contribution in [0.5, 0.6) is 0 Å². The first-order valence-corrected chi connectivity index (χ1v) is 14.5. The van der Waals surface area contributed by atoms with Gasteiger partial charge in [0.2, 0.25) is 5.91 Å². The molecule has 1 aliphatic heterocycles. The van der Waals surface area contributed by atoms with Crippen LogP contribution in [-0.2, 0) is 37.2 Å². The van der Waals surface area contributed by atoms with E-state index >= 15 is 0 Å². The van der Waals surface area contributed by atoms with E-state index in [1.165, 1.54) is 24.3 Å². The summed E-state index contributed by atoms with van der Waals surface area (Å²) >= 11 is 0. The molecule has 0 aliphatic carbocycles. The van der Waals surface area contributed by atoms with E-state index in [9.17, 15) is 27.9 Å². The minimum absolute atomic E-state index is 0.00488. The lowest BCUT2D eigenvalue weighted by Gasteiger charge is -2.31. The highest BCUT2D eigenvalue weighted by Gasteiger charge is 2.27. The van der Waals surface area contributed by atoms with Gasteiger partial charge in [0.05, 0.1) is 11.3 Å². The summed E-state index contributed by atoms with van der Waals surface area (Å²) < 4.78 is 27.8. The zero-order valence-corrected chi connectivity index (χ0v) is 23.0. The highest BCUT2D eigenvalue weighted by Crippen LogP contribution is 2.21. The fraction of sp³-hybridized carbons (Fsp3) is 0.345. The molecular formula is C29H35N3O6S. The minimum atomic E-state index is -4.14. The van der Waals surface area contributed by atoms with Crippen LogP contribution in [0.2, 0.25) is 0 Å². The van der Waals surface area contributed by atoms with Crippen molar-refractivity contribution in [3.8, 4) is 0 Å². The van der Waals surface area contributed by atoms with E-state index in [4.69, 9.17) is 0 Å². The predicted octanol–water partition coefficient (Wildman–Crippen LogP) is 3.04. The van der Waals surface area contributed by atoms with Crippen molar-refractivity contribution in [1.29, 1.82) is 0 Å². The van der Waals surface area contributed by atoms with Crippen molar-refractivity contribution in [2.45, 2.75) is 44.4 Å². The Morgan fingerprint density at radius 2 is 1.62 bits per heavy atom. The lowest BCUT2D eigenvalue weighted by Crippen LogP contribution is -2.40. The maximum atomic E-state index is 12.9. The van der Waals surface area contributed by atoms with Gasteiger partial charge in [-0.15, -0.1) is 0 Å². The van der Waals surface area contributed by atoms with Crippen LogP contribution in [-0.4, -0.2) is 55.8 Å². The van der Waals surface area contributed by atoms with E-state index < -0.39 is 21.9 Å². The summed E-state index contributed by atoms with van der Waals surface area (Å²) in [5.41, 5.74) is 2.00. The summed E-state index contributed by atoms with van der Waals surface area (Å²) in [6.07, 6.45) is 5.21. The number of hydrogen-bond donors (Lipinski definition) is 3. The van der Waals surface area contributed by atoms with Crippen molar-refractivity contribution in [2.24, 2.45) is 5.92 Å². The highest BCUT2D eigenvalue weighted by molar-refractivity contribution is 7.90. The quantitative estimate of drug-likeness (QED) is 0.347. The number of carboxylic acids is 1. The van der Waals surface area contributed by atoms with Crippen LogP contribution in [0.25, 0.3) is 0 Å². The number of carboxylic acid groups (broad SMARTS) is 1. The molecule has 1 heterocycles. The number of sulfonamides is 1. The Bertz CT molecular complexity index is 1330. The second kappa shape index (κ2) is 13.7. The third-order valence-electron chi connectivity index (χ3n) is 6.69. The molecule has 9 nitrogen and oxygen atoms in total. The van der Waals surface area contributed by atoms with Crippen molar-refractivity contribution in [3.05, 3.63) is 89.1 Å². The number of benzene rings is 2. The van der Waals surface area contributed by atoms with Crippen LogP contribution < -0.4 is 10.0 Å². The van der Waals surface area contributed by atoms with Gasteiger partial charge >= 0.3 is 5.97 Å². The molecular weight excluding hydrogens is 518 g/mol. The molecule has 0 bridgehead atoms. The van der Waals surface area contributed by atoms with Gasteiger partial charge in [-0.3, -0.25) is 9.59 Å². The molecule has 0 saturated heterocycles. The highest BCUT2D eigenvalue weighted by atomic mass is 32.2. The molecule has 39 heavy (non-hydrogen) atoms. The number of allylic oxidation sites excluding steroid dienone is 2. The first-order chi connectivity index (χ1) is 18.6. The van der Waals surface area contributed by atoms with Crippen molar-refractivity contribution < 1.29 is 27.9 Å². The van der Waals surface area contributed by atoms with E-state index in [0.29, 0.717) is 19.5 Å². The van der Waals surface area contributed by atoms with Crippen LogP contribution in [0.1, 0.15) is 37.8 Å². The Kier molecular flexibility index (Phi) is 10.4. The van der Waals surface area contributed by atoms with Gasteiger partial charge in [-0.2, -0.15) is 0 Å². The first-order valence-electron chi connectivity index (χ1n) is 13.0. The maximum Gasteiger partial charge on any atom is 0.352 e. The van der Waals surface area contributed by atoms with E-state index in [1.807, 2.05) is 44.2 Å². The normalized spacial score (nSPS) is 13.5. The molecule has 0 saturated carbocycles. The average Bonchev–Trinajstić information content (AvgIpc) is 2.92. The van der Waals surface area contributed by atoms with Gasteiger partial charge in [-0.1, -0.05) is 69.2 Å². The van der Waals surface area contributed by atoms with Crippen LogP contribution in [0.4, 0.5) is 0 Å². The zero-order chi connectivity index (χ0) is 28.4. The van der Waals surface area contributed by atoms with Crippen LogP contribution in [0, 0.1) is 5.92 Å². The summed E-state index contributed by atoms with van der Waals surface area (Å²) in [6, 6.07) is 15.5. The molecule has 2 aromatic carbocycles. The molecule has 0 unspecified atom stereocenters. The van der Waals surface area contributed by atoms with Crippen molar-refractivity contribution in [1.82, 2.24) is 14.9 Å². The average molecular weight is 554 g/mol. The number of carbonyl (C=O) groups is 3. The third-order valence-corrected chi connectivity index (χ3v) is 8.04. The van der Waals surface area contributed by atoms with Gasteiger partial charge in [0.1, 0.15) is 5.70 Å². The number of aliphatic carboxylic acids is 1. The largest absolute Gasteiger partial charge is 0.477 e. The zero-order valence-electron chi connectivity index (χ0n) is 22.2. The Morgan fingerprint density at radius 1 is 0.949 bits per heavy atom. The minimum Gasteiger partial charge on any atom is -0.477 e. The van der Waals surface area contributed by atoms with E-state index in [0.717, 1.165) is 24.0 Å². The van der Waals surface area contributed by atoms with Gasteiger partial charge in [0, 0.05) is 25.2 Å². The maximum absolute atomic E-state index is 12.9. The lowest BCUT2D eigenvalue weighted by molar-refractivity contribution is -0.134. The monoisotopic (exact) mass is 553 g/mol. The summed E-state index contributed by atoms with van der Waals surface area (Å²) in [6.45, 7) is 4.90. The van der Waals surface area contributed by atoms with E-state index in [2.05, 4.69) is 10.0 Å². The van der Waals surface area contributed by atoms with Crippen LogP contribution in [0.3, 0.4) is 0 Å². The fourth-order valence-corrected chi connectivity index (χ4v) is 5.26. The van der Waals surface area contributed by atoms with Gasteiger partial charge in [-0.05, 0) is 47.8 Å². The second-order valence-electron chi connectivity index (χ2n) is 9.45. The standard InChI is InChI=1S/C29H35N3O6S/c1-3-21(4-2)19-32-20-24(12-15-26(32)29(35)36)28(34)31-39(37,38)25-13-10-22(11-14-25)16-17-30-27(33)18-23-8-6-5-7-9-23/h5-15,21H,3-4,16-20H2,1-2H3,(H,30,33)(H,31,34)(H,35,36).